The lowest BCUT2D eigenvalue weighted by Gasteiger charge is -2.04. The zero-order chi connectivity index (χ0) is 17.5. The molecule has 0 saturated carbocycles. The summed E-state index contributed by atoms with van der Waals surface area (Å²) in [6.45, 7) is 0.545. The highest BCUT2D eigenvalue weighted by Crippen LogP contribution is 2.18. The van der Waals surface area contributed by atoms with Crippen molar-refractivity contribution in [2.75, 3.05) is 13.2 Å². The van der Waals surface area contributed by atoms with E-state index in [4.69, 9.17) is 4.74 Å². The van der Waals surface area contributed by atoms with Gasteiger partial charge in [-0.3, -0.25) is 9.78 Å². The van der Waals surface area contributed by atoms with Gasteiger partial charge in [0.1, 0.15) is 12.4 Å². The van der Waals surface area contributed by atoms with Gasteiger partial charge in [-0.1, -0.05) is 30.0 Å². The third-order valence-electron chi connectivity index (χ3n) is 3.47. The first-order valence-electron chi connectivity index (χ1n) is 7.70. The second kappa shape index (κ2) is 8.49. The molecule has 0 radical (unpaired) electrons. The number of benzene rings is 2. The second-order valence-electron chi connectivity index (χ2n) is 5.16. The Balaban J connectivity index is 1.48. The number of aromatic nitrogens is 1. The van der Waals surface area contributed by atoms with Crippen molar-refractivity contribution in [2.45, 2.75) is 0 Å². The summed E-state index contributed by atoms with van der Waals surface area (Å²) in [6, 6.07) is 17.1. The van der Waals surface area contributed by atoms with Crippen LogP contribution in [0.2, 0.25) is 0 Å². The first-order chi connectivity index (χ1) is 12.2. The average molecular weight is 442 g/mol. The molecule has 25 heavy (non-hydrogen) atoms. The van der Waals surface area contributed by atoms with Gasteiger partial charge in [0, 0.05) is 21.2 Å². The quantitative estimate of drug-likeness (QED) is 0.496. The number of ether oxygens (including phenoxy) is 1. The summed E-state index contributed by atoms with van der Waals surface area (Å²) in [5, 5.41) is 3.85. The van der Waals surface area contributed by atoms with Crippen LogP contribution >= 0.6 is 22.6 Å². The number of carbonyl (C=O) groups is 1. The third kappa shape index (κ3) is 4.70. The molecule has 1 amide bonds. The van der Waals surface area contributed by atoms with Crippen LogP contribution in [0, 0.1) is 15.4 Å². The van der Waals surface area contributed by atoms with E-state index in [1.165, 1.54) is 0 Å². The highest BCUT2D eigenvalue weighted by Gasteiger charge is 2.06. The average Bonchev–Trinajstić information content (AvgIpc) is 2.64. The minimum absolute atomic E-state index is 0.124. The Kier molecular flexibility index (Phi) is 5.86. The molecule has 3 aromatic rings. The summed E-state index contributed by atoms with van der Waals surface area (Å²) in [4.78, 5) is 16.3. The Hall–Kier alpha value is -2.59. The summed E-state index contributed by atoms with van der Waals surface area (Å²) >= 11 is 2.14. The topological polar surface area (TPSA) is 51.2 Å². The summed E-state index contributed by atoms with van der Waals surface area (Å²) < 4.78 is 6.51. The van der Waals surface area contributed by atoms with E-state index in [-0.39, 0.29) is 19.1 Å². The number of halogens is 1. The summed E-state index contributed by atoms with van der Waals surface area (Å²) in [6.07, 6.45) is 1.75. The van der Waals surface area contributed by atoms with Crippen LogP contribution in [0.3, 0.4) is 0 Å². The molecule has 124 valence electrons. The molecule has 0 aliphatic rings. The molecule has 0 bridgehead atoms. The normalized spacial score (nSPS) is 9.96. The largest absolute Gasteiger partial charge is 0.481 e. The molecule has 0 atom stereocenters. The van der Waals surface area contributed by atoms with Crippen LogP contribution in [0.5, 0.6) is 5.75 Å². The Labute approximate surface area is 159 Å². The molecule has 1 aromatic heterocycles. The predicted octanol–water partition coefficient (Wildman–Crippen LogP) is 3.65. The van der Waals surface area contributed by atoms with Crippen LogP contribution in [-0.4, -0.2) is 24.0 Å². The van der Waals surface area contributed by atoms with Crippen LogP contribution < -0.4 is 10.1 Å². The van der Waals surface area contributed by atoms with E-state index in [9.17, 15) is 4.79 Å². The van der Waals surface area contributed by atoms with E-state index in [0.29, 0.717) is 5.56 Å². The van der Waals surface area contributed by atoms with Crippen molar-refractivity contribution in [1.82, 2.24) is 10.3 Å². The molecule has 4 nitrogen and oxygen atoms in total. The number of nitrogens with one attached hydrogen (secondary N) is 1. The summed E-state index contributed by atoms with van der Waals surface area (Å²) in [5.41, 5.74) is 1.54. The molecule has 2 aromatic carbocycles. The molecule has 3 rings (SSSR count). The molecule has 0 fully saturated rings. The highest BCUT2D eigenvalue weighted by atomic mass is 127. The fourth-order valence-electron chi connectivity index (χ4n) is 2.23. The van der Waals surface area contributed by atoms with Gasteiger partial charge in [-0.15, -0.1) is 0 Å². The van der Waals surface area contributed by atoms with Gasteiger partial charge in [-0.05, 0) is 52.9 Å². The van der Waals surface area contributed by atoms with E-state index in [0.717, 1.165) is 20.2 Å². The molecule has 1 heterocycles. The third-order valence-corrected chi connectivity index (χ3v) is 4.41. The number of hydrogen-bond donors (Lipinski definition) is 1. The molecule has 1 N–H and O–H groups in total. The molecule has 0 spiro atoms. The van der Waals surface area contributed by atoms with Crippen LogP contribution in [0.25, 0.3) is 10.9 Å². The lowest BCUT2D eigenvalue weighted by atomic mass is 10.2. The molecule has 0 unspecified atom stereocenters. The predicted molar refractivity (Wildman–Crippen MR) is 107 cm³/mol. The molecular formula is C20H15IN2O2. The summed E-state index contributed by atoms with van der Waals surface area (Å²) in [5.74, 6) is 6.38. The Morgan fingerprint density at radius 2 is 2.00 bits per heavy atom. The lowest BCUT2D eigenvalue weighted by Crippen LogP contribution is -2.24. The van der Waals surface area contributed by atoms with Crippen molar-refractivity contribution in [3.05, 3.63) is 69.9 Å². The van der Waals surface area contributed by atoms with Crippen LogP contribution in [0.4, 0.5) is 0 Å². The minimum Gasteiger partial charge on any atom is -0.481 e. The maximum Gasteiger partial charge on any atom is 0.253 e. The van der Waals surface area contributed by atoms with Gasteiger partial charge >= 0.3 is 0 Å². The standard InChI is InChI=1S/C20H15IN2O2/c21-18-8-2-1-7-17(18)20(24)23-11-3-4-13-25-16-10-9-15-6-5-12-22-19(15)14-16/h1-2,5-10,12,14H,11,13H2,(H,23,24). The Morgan fingerprint density at radius 3 is 2.88 bits per heavy atom. The number of hydrogen-bond acceptors (Lipinski definition) is 3. The number of nitrogens with zero attached hydrogens (tertiary/aromatic N) is 1. The monoisotopic (exact) mass is 442 g/mol. The number of rotatable bonds is 4. The molecular weight excluding hydrogens is 427 g/mol. The van der Waals surface area contributed by atoms with Gasteiger partial charge in [0.15, 0.2) is 0 Å². The van der Waals surface area contributed by atoms with E-state index < -0.39 is 0 Å². The Morgan fingerprint density at radius 1 is 1.12 bits per heavy atom. The second-order valence-corrected chi connectivity index (χ2v) is 6.32. The fraction of sp³-hybridized carbons (Fsp3) is 0.100. The maximum absolute atomic E-state index is 12.0. The van der Waals surface area contributed by atoms with E-state index in [1.54, 1.807) is 12.3 Å². The van der Waals surface area contributed by atoms with Gasteiger partial charge in [0.2, 0.25) is 0 Å². The maximum atomic E-state index is 12.0. The van der Waals surface area contributed by atoms with Crippen LogP contribution in [0.15, 0.2) is 60.8 Å². The minimum atomic E-state index is -0.124. The number of carbonyl (C=O) groups excluding carboxylic acids is 1. The molecule has 5 heteroatoms. The van der Waals surface area contributed by atoms with Crippen molar-refractivity contribution in [3.8, 4) is 17.6 Å². The number of amides is 1. The summed E-state index contributed by atoms with van der Waals surface area (Å²) in [7, 11) is 0. The van der Waals surface area contributed by atoms with Crippen LogP contribution in [-0.2, 0) is 0 Å². The molecule has 0 aliphatic carbocycles. The fourth-order valence-corrected chi connectivity index (χ4v) is 2.87. The molecule has 0 aliphatic heterocycles. The van der Waals surface area contributed by atoms with Crippen molar-refractivity contribution in [1.29, 1.82) is 0 Å². The van der Waals surface area contributed by atoms with Gasteiger partial charge in [-0.25, -0.2) is 0 Å². The van der Waals surface area contributed by atoms with Crippen molar-refractivity contribution in [2.24, 2.45) is 0 Å². The first kappa shape index (κ1) is 17.2. The van der Waals surface area contributed by atoms with Gasteiger partial charge in [0.05, 0.1) is 17.6 Å². The zero-order valence-corrected chi connectivity index (χ0v) is 15.5. The van der Waals surface area contributed by atoms with Gasteiger partial charge in [-0.2, -0.15) is 0 Å². The molecule has 0 saturated heterocycles. The van der Waals surface area contributed by atoms with Crippen molar-refractivity contribution < 1.29 is 9.53 Å². The number of pyridine rings is 1. The van der Waals surface area contributed by atoms with E-state index in [2.05, 4.69) is 44.7 Å². The van der Waals surface area contributed by atoms with Gasteiger partial charge in [0.25, 0.3) is 5.91 Å². The van der Waals surface area contributed by atoms with Crippen molar-refractivity contribution in [3.63, 3.8) is 0 Å². The van der Waals surface area contributed by atoms with E-state index in [1.807, 2.05) is 48.5 Å². The van der Waals surface area contributed by atoms with Crippen LogP contribution in [0.1, 0.15) is 10.4 Å². The first-order valence-corrected chi connectivity index (χ1v) is 8.78. The SMILES string of the molecule is O=C(NCC#CCOc1ccc2cccnc2c1)c1ccccc1I. The zero-order valence-electron chi connectivity index (χ0n) is 13.3. The van der Waals surface area contributed by atoms with E-state index >= 15 is 0 Å². The number of fused-ring (bicyclic) bond motifs is 1. The van der Waals surface area contributed by atoms with Crippen molar-refractivity contribution >= 4 is 39.4 Å². The van der Waals surface area contributed by atoms with Gasteiger partial charge < -0.3 is 10.1 Å². The Bertz CT molecular complexity index is 960. The highest BCUT2D eigenvalue weighted by molar-refractivity contribution is 14.1. The smallest absolute Gasteiger partial charge is 0.253 e. The lowest BCUT2D eigenvalue weighted by molar-refractivity contribution is 0.0958.